The summed E-state index contributed by atoms with van der Waals surface area (Å²) in [7, 11) is -3.34. The fourth-order valence-corrected chi connectivity index (χ4v) is 4.82. The third-order valence-corrected chi connectivity index (χ3v) is 8.24. The Labute approximate surface area is 201 Å². The molecule has 0 saturated carbocycles. The average molecular weight is 480 g/mol. The van der Waals surface area contributed by atoms with E-state index in [0.717, 1.165) is 24.2 Å². The van der Waals surface area contributed by atoms with Crippen LogP contribution < -0.4 is 5.32 Å². The number of nitrogens with zero attached hydrogens (tertiary/aromatic N) is 4. The zero-order valence-corrected chi connectivity index (χ0v) is 20.0. The molecule has 8 nitrogen and oxygen atoms in total. The Morgan fingerprint density at radius 2 is 1.76 bits per heavy atom. The molecule has 1 saturated heterocycles. The van der Waals surface area contributed by atoms with Crippen LogP contribution in [0.2, 0.25) is 0 Å². The molecule has 9 heteroatoms. The SMILES string of the molecule is Cc1ncc(-c2ccc(S(=O)(=O)C(C)C)cc2)nc1-c1nnc(-c2cccc(C3CNC3)c2)o1.[HH].[HH]. The van der Waals surface area contributed by atoms with Crippen LogP contribution in [0.4, 0.5) is 0 Å². The van der Waals surface area contributed by atoms with Crippen molar-refractivity contribution in [2.24, 2.45) is 0 Å². The lowest BCUT2D eigenvalue weighted by molar-refractivity contribution is 0.448. The van der Waals surface area contributed by atoms with Crippen molar-refractivity contribution in [1.82, 2.24) is 25.5 Å². The first-order valence-electron chi connectivity index (χ1n) is 11.2. The van der Waals surface area contributed by atoms with Crippen molar-refractivity contribution in [3.63, 3.8) is 0 Å². The standard InChI is InChI=1S/C25H25N5O3S.2H2/c1-15(2)34(31,32)21-9-7-17(8-10-21)22-14-27-16(3)23(28-22)25-30-29-24(33-25)19-6-4-5-18(11-19)20-12-26-13-20;;/h4-11,14-15,20,26H,12-13H2,1-3H3;2*1H. The Bertz CT molecular complexity index is 1450. The Kier molecular flexibility index (Phi) is 5.75. The summed E-state index contributed by atoms with van der Waals surface area (Å²) in [6, 6.07) is 14.8. The van der Waals surface area contributed by atoms with Crippen LogP contribution in [0, 0.1) is 6.92 Å². The summed E-state index contributed by atoms with van der Waals surface area (Å²) in [4.78, 5) is 9.44. The van der Waals surface area contributed by atoms with Gasteiger partial charge >= 0.3 is 0 Å². The van der Waals surface area contributed by atoms with Crippen molar-refractivity contribution >= 4 is 9.84 Å². The van der Waals surface area contributed by atoms with Gasteiger partial charge < -0.3 is 9.73 Å². The summed E-state index contributed by atoms with van der Waals surface area (Å²) < 4.78 is 30.8. The minimum absolute atomic E-state index is 0. The van der Waals surface area contributed by atoms with E-state index in [0.29, 0.717) is 28.9 Å². The molecule has 0 bridgehead atoms. The van der Waals surface area contributed by atoms with E-state index in [4.69, 9.17) is 9.40 Å². The molecule has 0 aliphatic carbocycles. The summed E-state index contributed by atoms with van der Waals surface area (Å²) in [6.07, 6.45) is 1.65. The maximum Gasteiger partial charge on any atom is 0.268 e. The first kappa shape index (κ1) is 22.4. The van der Waals surface area contributed by atoms with Crippen LogP contribution in [-0.4, -0.2) is 46.9 Å². The summed E-state index contributed by atoms with van der Waals surface area (Å²) in [5.41, 5.74) is 4.61. The Morgan fingerprint density at radius 1 is 1.03 bits per heavy atom. The quantitative estimate of drug-likeness (QED) is 0.429. The monoisotopic (exact) mass is 479 g/mol. The van der Waals surface area contributed by atoms with Gasteiger partial charge in [-0.15, -0.1) is 10.2 Å². The van der Waals surface area contributed by atoms with Crippen LogP contribution >= 0.6 is 0 Å². The van der Waals surface area contributed by atoms with E-state index >= 15 is 0 Å². The highest BCUT2D eigenvalue weighted by molar-refractivity contribution is 7.92. The minimum Gasteiger partial charge on any atom is -0.415 e. The van der Waals surface area contributed by atoms with Crippen molar-refractivity contribution < 1.29 is 15.7 Å². The highest BCUT2D eigenvalue weighted by atomic mass is 32.2. The van der Waals surface area contributed by atoms with E-state index in [-0.39, 0.29) is 13.6 Å². The molecule has 2 aromatic carbocycles. The third-order valence-electron chi connectivity index (χ3n) is 6.07. The van der Waals surface area contributed by atoms with Crippen molar-refractivity contribution in [2.75, 3.05) is 13.1 Å². The number of hydrogen-bond donors (Lipinski definition) is 1. The normalized spacial score (nSPS) is 14.4. The van der Waals surface area contributed by atoms with E-state index < -0.39 is 15.1 Å². The second-order valence-electron chi connectivity index (χ2n) is 8.70. The fourth-order valence-electron chi connectivity index (χ4n) is 3.76. The average Bonchev–Trinajstić information content (AvgIpc) is 3.29. The van der Waals surface area contributed by atoms with Crippen LogP contribution in [0.25, 0.3) is 34.3 Å². The number of hydrogen-bond acceptors (Lipinski definition) is 8. The first-order valence-corrected chi connectivity index (χ1v) is 12.7. The van der Waals surface area contributed by atoms with Crippen molar-refractivity contribution in [1.29, 1.82) is 0 Å². The topological polar surface area (TPSA) is 111 Å². The smallest absolute Gasteiger partial charge is 0.268 e. The number of aromatic nitrogens is 4. The molecule has 5 rings (SSSR count). The van der Waals surface area contributed by atoms with Gasteiger partial charge in [0, 0.05) is 33.0 Å². The van der Waals surface area contributed by atoms with Gasteiger partial charge in [-0.25, -0.2) is 13.4 Å². The molecule has 1 aliphatic heterocycles. The van der Waals surface area contributed by atoms with Crippen LogP contribution in [0.1, 0.15) is 33.9 Å². The Hall–Kier alpha value is -3.43. The lowest BCUT2D eigenvalue weighted by atomic mass is 9.92. The van der Waals surface area contributed by atoms with E-state index in [1.807, 2.05) is 19.1 Å². The zero-order chi connectivity index (χ0) is 23.9. The van der Waals surface area contributed by atoms with Crippen molar-refractivity contribution in [3.8, 4) is 34.3 Å². The van der Waals surface area contributed by atoms with Gasteiger partial charge in [-0.2, -0.15) is 0 Å². The molecule has 2 aromatic heterocycles. The molecule has 3 heterocycles. The number of rotatable bonds is 6. The predicted octanol–water partition coefficient (Wildman–Crippen LogP) is 4.53. The molecule has 0 spiro atoms. The van der Waals surface area contributed by atoms with Crippen molar-refractivity contribution in [2.45, 2.75) is 36.8 Å². The van der Waals surface area contributed by atoms with Gasteiger partial charge in [0.05, 0.1) is 27.7 Å². The molecule has 1 fully saturated rings. The lowest BCUT2D eigenvalue weighted by Crippen LogP contribution is -2.39. The van der Waals surface area contributed by atoms with Crippen LogP contribution in [0.3, 0.4) is 0 Å². The number of sulfone groups is 1. The molecule has 1 N–H and O–H groups in total. The first-order chi connectivity index (χ1) is 16.3. The van der Waals surface area contributed by atoms with Crippen molar-refractivity contribution in [3.05, 3.63) is 66.0 Å². The molecule has 0 radical (unpaired) electrons. The largest absolute Gasteiger partial charge is 0.415 e. The number of benzene rings is 2. The maximum atomic E-state index is 12.4. The molecule has 4 aromatic rings. The van der Waals surface area contributed by atoms with Gasteiger partial charge in [0.15, 0.2) is 9.84 Å². The van der Waals surface area contributed by atoms with Gasteiger partial charge in [-0.3, -0.25) is 4.98 Å². The van der Waals surface area contributed by atoms with E-state index in [9.17, 15) is 8.42 Å². The van der Waals surface area contributed by atoms with Gasteiger partial charge in [-0.1, -0.05) is 24.3 Å². The summed E-state index contributed by atoms with van der Waals surface area (Å²) in [5, 5.41) is 11.3. The highest BCUT2D eigenvalue weighted by Gasteiger charge is 2.22. The van der Waals surface area contributed by atoms with Gasteiger partial charge in [0.25, 0.3) is 5.89 Å². The molecule has 178 valence electrons. The van der Waals surface area contributed by atoms with Crippen LogP contribution in [0.15, 0.2) is 64.0 Å². The molecular weight excluding hydrogens is 450 g/mol. The fraction of sp³-hybridized carbons (Fsp3) is 0.280. The highest BCUT2D eigenvalue weighted by Crippen LogP contribution is 2.29. The molecule has 0 atom stereocenters. The number of nitrogens with one attached hydrogen (secondary N) is 1. The Morgan fingerprint density at radius 3 is 2.44 bits per heavy atom. The molecular formula is C25H29N5O3S. The predicted molar refractivity (Wildman–Crippen MR) is 133 cm³/mol. The van der Waals surface area contributed by atoms with Gasteiger partial charge in [-0.05, 0) is 50.6 Å². The molecule has 0 unspecified atom stereocenters. The second-order valence-corrected chi connectivity index (χ2v) is 11.2. The second kappa shape index (κ2) is 8.73. The number of aryl methyl sites for hydroxylation is 1. The molecule has 0 amide bonds. The molecule has 34 heavy (non-hydrogen) atoms. The maximum absolute atomic E-state index is 12.4. The van der Waals surface area contributed by atoms with E-state index in [2.05, 4.69) is 32.6 Å². The van der Waals surface area contributed by atoms with Crippen LogP contribution in [-0.2, 0) is 9.84 Å². The minimum atomic E-state index is -3.34. The van der Waals surface area contributed by atoms with E-state index in [1.165, 1.54) is 5.56 Å². The zero-order valence-electron chi connectivity index (χ0n) is 19.2. The van der Waals surface area contributed by atoms with Crippen LogP contribution in [0.5, 0.6) is 0 Å². The third kappa shape index (κ3) is 4.12. The van der Waals surface area contributed by atoms with E-state index in [1.54, 1.807) is 44.3 Å². The Balaban J connectivity index is 0.00000180. The van der Waals surface area contributed by atoms with Gasteiger partial charge in [0.1, 0.15) is 5.69 Å². The molecule has 1 aliphatic rings. The van der Waals surface area contributed by atoms with Gasteiger partial charge in [0.2, 0.25) is 5.89 Å². The summed E-state index contributed by atoms with van der Waals surface area (Å²) in [6.45, 7) is 7.12. The lowest BCUT2D eigenvalue weighted by Gasteiger charge is -2.27. The summed E-state index contributed by atoms with van der Waals surface area (Å²) in [5.74, 6) is 1.23. The summed E-state index contributed by atoms with van der Waals surface area (Å²) >= 11 is 0.